The highest BCUT2D eigenvalue weighted by atomic mass is 19.2. The summed E-state index contributed by atoms with van der Waals surface area (Å²) in [5.41, 5.74) is -0.651. The molecule has 2 unspecified atom stereocenters. The van der Waals surface area contributed by atoms with E-state index in [1.54, 1.807) is 20.8 Å². The minimum atomic E-state index is -1.49. The highest BCUT2D eigenvalue weighted by Crippen LogP contribution is 2.26. The first-order valence-corrected chi connectivity index (χ1v) is 7.55. The minimum absolute atomic E-state index is 0.0770. The van der Waals surface area contributed by atoms with Gasteiger partial charge in [0.25, 0.3) is 0 Å². The van der Waals surface area contributed by atoms with Gasteiger partial charge in [-0.3, -0.25) is 0 Å². The molecule has 23 heavy (non-hydrogen) atoms. The largest absolute Gasteiger partial charge is 0.444 e. The normalized spacial score (nSPS) is 21.1. The van der Waals surface area contributed by atoms with Gasteiger partial charge in [-0.05, 0) is 52.2 Å². The highest BCUT2D eigenvalue weighted by molar-refractivity contribution is 5.68. The molecule has 1 amide bonds. The molecule has 2 atom stereocenters. The second kappa shape index (κ2) is 6.68. The molecular weight excluding hydrogens is 309 g/mol. The van der Waals surface area contributed by atoms with Crippen LogP contribution in [-0.4, -0.2) is 23.8 Å². The molecule has 7 heteroatoms. The number of carbonyl (C=O) groups excluding carboxylic acids is 1. The number of carbonyl (C=O) groups is 1. The molecule has 0 aliphatic heterocycles. The molecule has 1 aromatic carbocycles. The molecule has 2 N–H and O–H groups in total. The third kappa shape index (κ3) is 4.77. The molecule has 1 aliphatic carbocycles. The minimum Gasteiger partial charge on any atom is -0.444 e. The van der Waals surface area contributed by atoms with Crippen molar-refractivity contribution in [3.63, 3.8) is 0 Å². The lowest BCUT2D eigenvalue weighted by molar-refractivity contribution is 0.0505. The summed E-state index contributed by atoms with van der Waals surface area (Å²) in [6.07, 6.45) is 1.43. The van der Waals surface area contributed by atoms with Crippen molar-refractivity contribution < 1.29 is 22.7 Å². The first kappa shape index (κ1) is 17.4. The molecule has 0 aromatic heterocycles. The van der Waals surface area contributed by atoms with Crippen molar-refractivity contribution >= 4 is 11.8 Å². The van der Waals surface area contributed by atoms with Gasteiger partial charge in [-0.25, -0.2) is 18.0 Å². The van der Waals surface area contributed by atoms with E-state index in [4.69, 9.17) is 4.74 Å². The van der Waals surface area contributed by atoms with Gasteiger partial charge in [-0.1, -0.05) is 0 Å². The number of ether oxygens (including phenoxy) is 1. The quantitative estimate of drug-likeness (QED) is 0.825. The Labute approximate surface area is 133 Å². The van der Waals surface area contributed by atoms with E-state index < -0.39 is 29.1 Å². The van der Waals surface area contributed by atoms with E-state index in [1.165, 1.54) is 6.07 Å². The van der Waals surface area contributed by atoms with Crippen molar-refractivity contribution in [2.24, 2.45) is 0 Å². The van der Waals surface area contributed by atoms with Gasteiger partial charge in [-0.2, -0.15) is 0 Å². The Morgan fingerprint density at radius 3 is 2.43 bits per heavy atom. The van der Waals surface area contributed by atoms with Crippen LogP contribution in [-0.2, 0) is 4.74 Å². The van der Waals surface area contributed by atoms with E-state index >= 15 is 0 Å². The van der Waals surface area contributed by atoms with Crippen LogP contribution in [0.2, 0.25) is 0 Å². The fourth-order valence-electron chi connectivity index (χ4n) is 2.58. The van der Waals surface area contributed by atoms with Gasteiger partial charge in [0.2, 0.25) is 0 Å². The van der Waals surface area contributed by atoms with Crippen LogP contribution in [0.3, 0.4) is 0 Å². The molecule has 0 radical (unpaired) electrons. The average Bonchev–Trinajstić information content (AvgIpc) is 2.84. The van der Waals surface area contributed by atoms with Gasteiger partial charge in [0.15, 0.2) is 17.5 Å². The van der Waals surface area contributed by atoms with E-state index in [2.05, 4.69) is 10.6 Å². The summed E-state index contributed by atoms with van der Waals surface area (Å²) >= 11 is 0. The number of anilines is 1. The Bertz CT molecular complexity index is 587. The SMILES string of the molecule is CC(C)(C)OC(=O)NC1CCC(Nc2ccc(F)c(F)c2F)C1. The zero-order valence-corrected chi connectivity index (χ0v) is 13.4. The van der Waals surface area contributed by atoms with Crippen molar-refractivity contribution in [1.29, 1.82) is 0 Å². The van der Waals surface area contributed by atoms with Crippen LogP contribution in [0.1, 0.15) is 40.0 Å². The summed E-state index contributed by atoms with van der Waals surface area (Å²) < 4.78 is 44.9. The lowest BCUT2D eigenvalue weighted by Gasteiger charge is -2.22. The number of rotatable bonds is 3. The number of hydrogen-bond donors (Lipinski definition) is 2. The molecule has 128 valence electrons. The molecule has 4 nitrogen and oxygen atoms in total. The average molecular weight is 330 g/mol. The van der Waals surface area contributed by atoms with Gasteiger partial charge in [0.1, 0.15) is 5.60 Å². The van der Waals surface area contributed by atoms with Gasteiger partial charge in [0.05, 0.1) is 5.69 Å². The van der Waals surface area contributed by atoms with E-state index in [1.807, 2.05) is 0 Å². The fraction of sp³-hybridized carbons (Fsp3) is 0.562. The van der Waals surface area contributed by atoms with E-state index in [0.29, 0.717) is 19.3 Å². The van der Waals surface area contributed by atoms with Crippen LogP contribution in [0, 0.1) is 17.5 Å². The van der Waals surface area contributed by atoms with Crippen LogP contribution in [0.25, 0.3) is 0 Å². The van der Waals surface area contributed by atoms with Crippen molar-refractivity contribution in [2.75, 3.05) is 5.32 Å². The summed E-state index contributed by atoms with van der Waals surface area (Å²) in [6, 6.07) is 1.82. The summed E-state index contributed by atoms with van der Waals surface area (Å²) in [5, 5.41) is 5.61. The maximum atomic E-state index is 13.6. The Morgan fingerprint density at radius 1 is 1.13 bits per heavy atom. The third-order valence-corrected chi connectivity index (χ3v) is 3.55. The summed E-state index contributed by atoms with van der Waals surface area (Å²) in [6.45, 7) is 5.33. The zero-order chi connectivity index (χ0) is 17.2. The van der Waals surface area contributed by atoms with Crippen LogP contribution in [0.15, 0.2) is 12.1 Å². The summed E-state index contributed by atoms with van der Waals surface area (Å²) in [7, 11) is 0. The van der Waals surface area contributed by atoms with Crippen molar-refractivity contribution in [3.8, 4) is 0 Å². The zero-order valence-electron chi connectivity index (χ0n) is 13.4. The van der Waals surface area contributed by atoms with Crippen molar-refractivity contribution in [3.05, 3.63) is 29.6 Å². The lowest BCUT2D eigenvalue weighted by Crippen LogP contribution is -2.38. The van der Waals surface area contributed by atoms with Crippen LogP contribution in [0.5, 0.6) is 0 Å². The lowest BCUT2D eigenvalue weighted by atomic mass is 10.2. The molecule has 1 saturated carbocycles. The monoisotopic (exact) mass is 330 g/mol. The molecule has 0 spiro atoms. The Balaban J connectivity index is 1.89. The summed E-state index contributed by atoms with van der Waals surface area (Å²) in [5.74, 6) is -3.94. The number of nitrogens with one attached hydrogen (secondary N) is 2. The van der Waals surface area contributed by atoms with Crippen LogP contribution < -0.4 is 10.6 Å². The van der Waals surface area contributed by atoms with E-state index in [9.17, 15) is 18.0 Å². The van der Waals surface area contributed by atoms with Crippen LogP contribution >= 0.6 is 0 Å². The van der Waals surface area contributed by atoms with Crippen LogP contribution in [0.4, 0.5) is 23.7 Å². The molecule has 0 heterocycles. The second-order valence-electron chi connectivity index (χ2n) is 6.72. The smallest absolute Gasteiger partial charge is 0.407 e. The number of amides is 1. The number of halogens is 3. The van der Waals surface area contributed by atoms with Crippen molar-refractivity contribution in [1.82, 2.24) is 5.32 Å². The number of alkyl carbamates (subject to hydrolysis) is 1. The molecular formula is C16H21F3N2O2. The predicted molar refractivity (Wildman–Crippen MR) is 80.7 cm³/mol. The van der Waals surface area contributed by atoms with E-state index in [-0.39, 0.29) is 17.8 Å². The fourth-order valence-corrected chi connectivity index (χ4v) is 2.58. The second-order valence-corrected chi connectivity index (χ2v) is 6.72. The topological polar surface area (TPSA) is 50.4 Å². The molecule has 0 bridgehead atoms. The maximum absolute atomic E-state index is 13.6. The molecule has 2 rings (SSSR count). The first-order valence-electron chi connectivity index (χ1n) is 7.55. The number of benzene rings is 1. The van der Waals surface area contributed by atoms with E-state index in [0.717, 1.165) is 6.07 Å². The Hall–Kier alpha value is -1.92. The summed E-state index contributed by atoms with van der Waals surface area (Å²) in [4.78, 5) is 11.7. The predicted octanol–water partition coefficient (Wildman–Crippen LogP) is 3.96. The van der Waals surface area contributed by atoms with Crippen molar-refractivity contribution in [2.45, 2.75) is 57.7 Å². The first-order chi connectivity index (χ1) is 10.7. The van der Waals surface area contributed by atoms with Gasteiger partial charge in [0, 0.05) is 12.1 Å². The Morgan fingerprint density at radius 2 is 1.78 bits per heavy atom. The highest BCUT2D eigenvalue weighted by Gasteiger charge is 2.28. The van der Waals surface area contributed by atoms with Gasteiger partial charge >= 0.3 is 6.09 Å². The molecule has 1 aromatic rings. The molecule has 1 aliphatic rings. The molecule has 0 saturated heterocycles. The molecule has 1 fully saturated rings. The maximum Gasteiger partial charge on any atom is 0.407 e. The third-order valence-electron chi connectivity index (χ3n) is 3.55. The standard InChI is InChI=1S/C16H21F3N2O2/c1-16(2,3)23-15(22)21-10-5-4-9(8-10)20-12-7-6-11(17)13(18)14(12)19/h6-7,9-10,20H,4-5,8H2,1-3H3,(H,21,22). The van der Waals surface area contributed by atoms with Gasteiger partial charge in [-0.15, -0.1) is 0 Å². The van der Waals surface area contributed by atoms with Gasteiger partial charge < -0.3 is 15.4 Å². The Kier molecular flexibility index (Phi) is 5.06. The number of hydrogen-bond acceptors (Lipinski definition) is 3.